The fourth-order valence-electron chi connectivity index (χ4n) is 2.93. The Morgan fingerprint density at radius 1 is 0.892 bits per heavy atom. The van der Waals surface area contributed by atoms with Crippen LogP contribution in [0.25, 0.3) is 0 Å². The van der Waals surface area contributed by atoms with Crippen molar-refractivity contribution in [2.24, 2.45) is 0 Å². The zero-order valence-electron chi connectivity index (χ0n) is 26.2. The molecule has 0 fully saturated rings. The number of hydrogen-bond acceptors (Lipinski definition) is 7. The number of ether oxygens (including phenoxy) is 4. The minimum atomic E-state index is -0.497. The molecule has 37 heavy (non-hydrogen) atoms. The van der Waals surface area contributed by atoms with Gasteiger partial charge in [-0.25, -0.2) is 4.68 Å². The smallest absolute Gasteiger partial charge is 0.132 e. The van der Waals surface area contributed by atoms with Crippen LogP contribution in [0.1, 0.15) is 108 Å². The molecule has 1 rings (SSSR count). The molecule has 0 unspecified atom stereocenters. The first-order valence-electron chi connectivity index (χ1n) is 13.7. The number of unbranched alkanes of at least 4 members (excludes halogenated alkanes) is 1. The molecule has 0 saturated heterocycles. The third-order valence-electron chi connectivity index (χ3n) is 4.57. The van der Waals surface area contributed by atoms with Crippen LogP contribution in [0.4, 0.5) is 0 Å². The summed E-state index contributed by atoms with van der Waals surface area (Å²) in [4.78, 5) is 11.3. The molecule has 0 bridgehead atoms. The van der Waals surface area contributed by atoms with Crippen LogP contribution in [0.5, 0.6) is 0 Å². The molecule has 0 spiro atoms. The van der Waals surface area contributed by atoms with Gasteiger partial charge in [-0.3, -0.25) is 4.79 Å². The van der Waals surface area contributed by atoms with Crippen LogP contribution in [-0.4, -0.2) is 64.0 Å². The van der Waals surface area contributed by atoms with Crippen LogP contribution in [0, 0.1) is 0 Å². The SMILES string of the molecule is C=C.CC.CC.CCCCOC(C)(C)COCc1cn(CCOC(C)(C)COC(C)(C)CC(C)=O)nn1. The molecular weight excluding hydrogens is 470 g/mol. The standard InChI is InChI=1S/C23H43N3O5.2C2H6.C2H4/c1-9-10-12-29-22(5,6)17-28-16-20-15-26(25-24-20)11-13-30-23(7,8)18-31-21(3,4)14-19(2)27;3*1-2/h15H,9-14,16-18H2,1-8H3;2*1-2H3;1-2H2. The number of carbonyl (C=O) groups is 1. The molecule has 0 aliphatic carbocycles. The van der Waals surface area contributed by atoms with Crippen LogP contribution < -0.4 is 0 Å². The second-order valence-corrected chi connectivity index (χ2v) is 9.96. The molecule has 1 aromatic heterocycles. The van der Waals surface area contributed by atoms with Crippen molar-refractivity contribution < 1.29 is 23.7 Å². The quantitative estimate of drug-likeness (QED) is 0.162. The van der Waals surface area contributed by atoms with Crippen molar-refractivity contribution in [3.63, 3.8) is 0 Å². The maximum absolute atomic E-state index is 11.3. The number of hydrogen-bond donors (Lipinski definition) is 0. The van der Waals surface area contributed by atoms with Gasteiger partial charge in [0, 0.05) is 13.0 Å². The third kappa shape index (κ3) is 23.3. The molecule has 0 aliphatic heterocycles. The van der Waals surface area contributed by atoms with Crippen molar-refractivity contribution in [3.8, 4) is 0 Å². The normalized spacial score (nSPS) is 11.4. The lowest BCUT2D eigenvalue weighted by molar-refractivity contribution is -0.137. The van der Waals surface area contributed by atoms with E-state index in [1.54, 1.807) is 11.6 Å². The van der Waals surface area contributed by atoms with Gasteiger partial charge in [0.25, 0.3) is 0 Å². The van der Waals surface area contributed by atoms with E-state index in [4.69, 9.17) is 18.9 Å². The van der Waals surface area contributed by atoms with E-state index in [9.17, 15) is 4.79 Å². The summed E-state index contributed by atoms with van der Waals surface area (Å²) in [6.07, 6.45) is 4.42. The van der Waals surface area contributed by atoms with Crippen molar-refractivity contribution >= 4 is 5.78 Å². The lowest BCUT2D eigenvalue weighted by Gasteiger charge is -2.31. The highest BCUT2D eigenvalue weighted by atomic mass is 16.6. The van der Waals surface area contributed by atoms with Crippen molar-refractivity contribution in [3.05, 3.63) is 25.0 Å². The predicted octanol–water partition coefficient (Wildman–Crippen LogP) is 6.81. The Labute approximate surface area is 228 Å². The minimum absolute atomic E-state index is 0.113. The summed E-state index contributed by atoms with van der Waals surface area (Å²) >= 11 is 0. The molecule has 8 nitrogen and oxygen atoms in total. The lowest BCUT2D eigenvalue weighted by Crippen LogP contribution is -2.38. The van der Waals surface area contributed by atoms with Crippen LogP contribution in [0.3, 0.4) is 0 Å². The topological polar surface area (TPSA) is 84.7 Å². The highest BCUT2D eigenvalue weighted by Gasteiger charge is 2.26. The zero-order chi connectivity index (χ0) is 29.5. The second-order valence-electron chi connectivity index (χ2n) is 9.96. The Hall–Kier alpha value is -1.61. The summed E-state index contributed by atoms with van der Waals surface area (Å²) in [7, 11) is 0. The number of rotatable bonds is 17. The molecule has 0 atom stereocenters. The summed E-state index contributed by atoms with van der Waals surface area (Å²) in [5, 5.41) is 8.29. The van der Waals surface area contributed by atoms with E-state index in [2.05, 4.69) is 30.4 Å². The minimum Gasteiger partial charge on any atom is -0.373 e. The highest BCUT2D eigenvalue weighted by Crippen LogP contribution is 2.19. The average Bonchev–Trinajstić information content (AvgIpc) is 3.28. The van der Waals surface area contributed by atoms with Gasteiger partial charge in [0.1, 0.15) is 11.5 Å². The Morgan fingerprint density at radius 3 is 1.97 bits per heavy atom. The molecule has 1 aromatic rings. The van der Waals surface area contributed by atoms with Gasteiger partial charge in [-0.1, -0.05) is 46.3 Å². The van der Waals surface area contributed by atoms with Crippen molar-refractivity contribution in [2.75, 3.05) is 26.4 Å². The van der Waals surface area contributed by atoms with Crippen LogP contribution in [-0.2, 0) is 36.9 Å². The third-order valence-corrected chi connectivity index (χ3v) is 4.57. The van der Waals surface area contributed by atoms with E-state index in [-0.39, 0.29) is 11.4 Å². The van der Waals surface area contributed by atoms with Gasteiger partial charge in [0.2, 0.25) is 0 Å². The summed E-state index contributed by atoms with van der Waals surface area (Å²) in [6.45, 7) is 32.7. The summed E-state index contributed by atoms with van der Waals surface area (Å²) in [6, 6.07) is 0. The monoisotopic (exact) mass is 529 g/mol. The largest absolute Gasteiger partial charge is 0.373 e. The van der Waals surface area contributed by atoms with Crippen molar-refractivity contribution in [1.29, 1.82) is 0 Å². The summed E-state index contributed by atoms with van der Waals surface area (Å²) in [5.74, 6) is 0.113. The van der Waals surface area contributed by atoms with Crippen LogP contribution >= 0.6 is 0 Å². The molecule has 0 saturated carbocycles. The summed E-state index contributed by atoms with van der Waals surface area (Å²) in [5.41, 5.74) is -0.503. The summed E-state index contributed by atoms with van der Waals surface area (Å²) < 4.78 is 25.2. The molecule has 1 heterocycles. The molecule has 8 heteroatoms. The zero-order valence-corrected chi connectivity index (χ0v) is 26.2. The Morgan fingerprint density at radius 2 is 1.43 bits per heavy atom. The van der Waals surface area contributed by atoms with Crippen LogP contribution in [0.2, 0.25) is 0 Å². The van der Waals surface area contributed by atoms with Gasteiger partial charge >= 0.3 is 0 Å². The van der Waals surface area contributed by atoms with Gasteiger partial charge in [-0.2, -0.15) is 0 Å². The molecular formula is C29H59N3O5. The van der Waals surface area contributed by atoms with E-state index in [0.717, 1.165) is 25.1 Å². The molecule has 220 valence electrons. The van der Waals surface area contributed by atoms with Gasteiger partial charge in [-0.15, -0.1) is 18.3 Å². The Kier molecular flexibility index (Phi) is 24.1. The molecule has 0 aromatic carbocycles. The first-order valence-corrected chi connectivity index (χ1v) is 13.7. The Balaban J connectivity index is -0.00000179. The van der Waals surface area contributed by atoms with E-state index in [1.165, 1.54) is 0 Å². The first kappa shape index (κ1) is 39.9. The molecule has 0 amide bonds. The van der Waals surface area contributed by atoms with Crippen LogP contribution in [0.15, 0.2) is 19.4 Å². The van der Waals surface area contributed by atoms with E-state index >= 15 is 0 Å². The fourth-order valence-corrected chi connectivity index (χ4v) is 2.93. The van der Waals surface area contributed by atoms with Gasteiger partial charge < -0.3 is 18.9 Å². The molecule has 0 radical (unpaired) electrons. The number of carbonyl (C=O) groups excluding carboxylic acids is 1. The highest BCUT2D eigenvalue weighted by molar-refractivity contribution is 5.76. The maximum atomic E-state index is 11.3. The molecule has 0 aliphatic rings. The van der Waals surface area contributed by atoms with Gasteiger partial charge in [0.05, 0.1) is 56.0 Å². The number of nitrogens with zero attached hydrogens (tertiary/aromatic N) is 3. The van der Waals surface area contributed by atoms with Crippen molar-refractivity contribution in [2.45, 2.75) is 132 Å². The van der Waals surface area contributed by atoms with Crippen molar-refractivity contribution in [1.82, 2.24) is 15.0 Å². The van der Waals surface area contributed by atoms with E-state index in [1.807, 2.05) is 75.4 Å². The Bertz CT molecular complexity index is 672. The second kappa shape index (κ2) is 22.4. The first-order chi connectivity index (χ1) is 17.3. The predicted molar refractivity (Wildman–Crippen MR) is 154 cm³/mol. The number of aromatic nitrogens is 3. The average molecular weight is 530 g/mol. The van der Waals surface area contributed by atoms with E-state index in [0.29, 0.717) is 39.4 Å². The number of ketones is 1. The van der Waals surface area contributed by atoms with E-state index < -0.39 is 11.2 Å². The lowest BCUT2D eigenvalue weighted by atomic mass is 10.0. The van der Waals surface area contributed by atoms with Gasteiger partial charge in [0.15, 0.2) is 0 Å². The maximum Gasteiger partial charge on any atom is 0.132 e. The fraction of sp³-hybridized carbons (Fsp3) is 0.828. The molecule has 0 N–H and O–H groups in total. The van der Waals surface area contributed by atoms with Gasteiger partial charge in [-0.05, 0) is 54.9 Å². The number of Topliss-reactive ketones (excluding diaryl/α,β-unsaturated/α-hetero) is 1.